The lowest BCUT2D eigenvalue weighted by Gasteiger charge is -2.27. The highest BCUT2D eigenvalue weighted by Crippen LogP contribution is 2.27. The Balaban J connectivity index is 1.77. The molecule has 1 aliphatic rings. The number of carbonyl (C=O) groups excluding carboxylic acids is 2. The summed E-state index contributed by atoms with van der Waals surface area (Å²) in [6.07, 6.45) is 7.83. The quantitative estimate of drug-likeness (QED) is 0.225. The van der Waals surface area contributed by atoms with Gasteiger partial charge in [-0.2, -0.15) is 0 Å². The van der Waals surface area contributed by atoms with Crippen LogP contribution < -0.4 is 4.74 Å². The Labute approximate surface area is 176 Å². The van der Waals surface area contributed by atoms with E-state index in [9.17, 15) is 9.59 Å². The van der Waals surface area contributed by atoms with Crippen LogP contribution in [0.4, 0.5) is 0 Å². The number of piperidine rings is 1. The van der Waals surface area contributed by atoms with Crippen LogP contribution in [-0.4, -0.2) is 45.0 Å². The largest absolute Gasteiger partial charge is 0.497 e. The molecule has 160 valence electrons. The number of amides is 2. The Bertz CT molecular complexity index is 678. The first-order valence-corrected chi connectivity index (χ1v) is 14.1. The molecule has 0 aromatic heterocycles. The zero-order valence-corrected chi connectivity index (χ0v) is 19.3. The maximum absolute atomic E-state index is 11.9. The van der Waals surface area contributed by atoms with Crippen molar-refractivity contribution >= 4 is 19.9 Å². The van der Waals surface area contributed by atoms with E-state index in [4.69, 9.17) is 9.47 Å². The predicted octanol–water partition coefficient (Wildman–Crippen LogP) is 4.80. The SMILES string of the molecule is COc1ccc(COCCC(/C=C/CCN2C(=O)CCCC2=O)[Si](C)(C)C)cc1. The number of ether oxygens (including phenoxy) is 2. The molecule has 5 nitrogen and oxygen atoms in total. The minimum absolute atomic E-state index is 0.0247. The molecule has 1 aliphatic heterocycles. The lowest BCUT2D eigenvalue weighted by atomic mass is 10.1. The zero-order valence-electron chi connectivity index (χ0n) is 18.3. The average molecular weight is 418 g/mol. The molecule has 29 heavy (non-hydrogen) atoms. The molecular weight excluding hydrogens is 382 g/mol. The molecule has 2 amide bonds. The number of hydrogen-bond donors (Lipinski definition) is 0. The first-order valence-electron chi connectivity index (χ1n) is 10.5. The van der Waals surface area contributed by atoms with Crippen molar-refractivity contribution in [2.24, 2.45) is 0 Å². The van der Waals surface area contributed by atoms with Gasteiger partial charge in [-0.05, 0) is 42.5 Å². The lowest BCUT2D eigenvalue weighted by Crippen LogP contribution is -2.40. The molecule has 1 aromatic rings. The fourth-order valence-corrected chi connectivity index (χ4v) is 5.15. The van der Waals surface area contributed by atoms with E-state index in [2.05, 4.69) is 31.8 Å². The lowest BCUT2D eigenvalue weighted by molar-refractivity contribution is -0.147. The summed E-state index contributed by atoms with van der Waals surface area (Å²) in [5.74, 6) is 0.803. The highest BCUT2D eigenvalue weighted by atomic mass is 28.3. The van der Waals surface area contributed by atoms with Crippen molar-refractivity contribution in [3.8, 4) is 5.75 Å². The molecule has 1 unspecified atom stereocenters. The van der Waals surface area contributed by atoms with Gasteiger partial charge in [-0.3, -0.25) is 14.5 Å². The fourth-order valence-electron chi connectivity index (χ4n) is 3.45. The standard InChI is InChI=1S/C23H35NO4Si/c1-27-20-13-11-19(12-14-20)18-28-17-15-21(29(2,3)4)8-5-6-16-24-22(25)9-7-10-23(24)26/h5,8,11-14,21H,6-7,9-10,15-18H2,1-4H3/b8-5+. The van der Waals surface area contributed by atoms with Crippen molar-refractivity contribution in [2.75, 3.05) is 20.3 Å². The maximum atomic E-state index is 11.9. The van der Waals surface area contributed by atoms with E-state index >= 15 is 0 Å². The minimum Gasteiger partial charge on any atom is -0.497 e. The molecule has 2 rings (SSSR count). The minimum atomic E-state index is -1.38. The van der Waals surface area contributed by atoms with Gasteiger partial charge in [0.25, 0.3) is 0 Å². The van der Waals surface area contributed by atoms with Gasteiger partial charge in [-0.15, -0.1) is 0 Å². The molecule has 1 saturated heterocycles. The van der Waals surface area contributed by atoms with Gasteiger partial charge in [0.1, 0.15) is 5.75 Å². The predicted molar refractivity (Wildman–Crippen MR) is 119 cm³/mol. The van der Waals surface area contributed by atoms with Gasteiger partial charge in [-0.25, -0.2) is 0 Å². The molecule has 6 heteroatoms. The molecule has 1 heterocycles. The molecule has 1 aromatic carbocycles. The molecule has 1 fully saturated rings. The molecule has 0 bridgehead atoms. The van der Waals surface area contributed by atoms with E-state index in [1.54, 1.807) is 7.11 Å². The van der Waals surface area contributed by atoms with E-state index in [1.165, 1.54) is 4.90 Å². The van der Waals surface area contributed by atoms with Crippen molar-refractivity contribution < 1.29 is 19.1 Å². The third-order valence-electron chi connectivity index (χ3n) is 5.38. The number of likely N-dealkylation sites (tertiary alicyclic amines) is 1. The van der Waals surface area contributed by atoms with Gasteiger partial charge in [0.2, 0.25) is 11.8 Å². The van der Waals surface area contributed by atoms with Crippen LogP contribution in [0.5, 0.6) is 5.75 Å². The Morgan fingerprint density at radius 3 is 2.34 bits per heavy atom. The Morgan fingerprint density at radius 1 is 1.10 bits per heavy atom. The third kappa shape index (κ3) is 7.78. The molecule has 0 N–H and O–H groups in total. The Kier molecular flexibility index (Phi) is 9.11. The number of imide groups is 1. The van der Waals surface area contributed by atoms with Gasteiger partial charge in [-0.1, -0.05) is 43.9 Å². The monoisotopic (exact) mass is 417 g/mol. The van der Waals surface area contributed by atoms with Gasteiger partial charge in [0.05, 0.1) is 21.8 Å². The normalized spacial score (nSPS) is 16.5. The van der Waals surface area contributed by atoms with Gasteiger partial charge in [0, 0.05) is 26.0 Å². The van der Waals surface area contributed by atoms with Crippen LogP contribution >= 0.6 is 0 Å². The average Bonchev–Trinajstić information content (AvgIpc) is 2.68. The summed E-state index contributed by atoms with van der Waals surface area (Å²) in [6.45, 7) is 8.91. The highest BCUT2D eigenvalue weighted by molar-refractivity contribution is 6.78. The summed E-state index contributed by atoms with van der Waals surface area (Å²) < 4.78 is 11.1. The van der Waals surface area contributed by atoms with Crippen LogP contribution in [0, 0.1) is 0 Å². The molecular formula is C23H35NO4Si. The maximum Gasteiger partial charge on any atom is 0.229 e. The smallest absolute Gasteiger partial charge is 0.229 e. The van der Waals surface area contributed by atoms with E-state index in [0.717, 1.165) is 24.2 Å². The first kappa shape index (κ1) is 23.4. The summed E-state index contributed by atoms with van der Waals surface area (Å²) in [5, 5.41) is 0. The second-order valence-corrected chi connectivity index (χ2v) is 14.1. The molecule has 1 atom stereocenters. The van der Waals surface area contributed by atoms with E-state index < -0.39 is 8.07 Å². The number of methoxy groups -OCH3 is 1. The number of rotatable bonds is 11. The summed E-state index contributed by atoms with van der Waals surface area (Å²) in [4.78, 5) is 25.2. The van der Waals surface area contributed by atoms with Crippen LogP contribution in [0.15, 0.2) is 36.4 Å². The topological polar surface area (TPSA) is 55.8 Å². The summed E-state index contributed by atoms with van der Waals surface area (Å²) in [7, 11) is 0.289. The number of nitrogens with zero attached hydrogens (tertiary/aromatic N) is 1. The molecule has 0 spiro atoms. The fraction of sp³-hybridized carbons (Fsp3) is 0.565. The van der Waals surface area contributed by atoms with Crippen molar-refractivity contribution in [3.63, 3.8) is 0 Å². The third-order valence-corrected chi connectivity index (χ3v) is 8.09. The second kappa shape index (κ2) is 11.3. The molecule has 0 radical (unpaired) electrons. The number of hydrogen-bond acceptors (Lipinski definition) is 4. The summed E-state index contributed by atoms with van der Waals surface area (Å²) in [6, 6.07) is 7.95. The van der Waals surface area contributed by atoms with Gasteiger partial charge in [0.15, 0.2) is 0 Å². The zero-order chi connectivity index (χ0) is 21.3. The van der Waals surface area contributed by atoms with E-state index in [1.807, 2.05) is 24.3 Å². The Morgan fingerprint density at radius 2 is 1.76 bits per heavy atom. The number of carbonyl (C=O) groups is 2. The van der Waals surface area contributed by atoms with Crippen molar-refractivity contribution in [1.29, 1.82) is 0 Å². The first-order chi connectivity index (χ1) is 13.8. The van der Waals surface area contributed by atoms with E-state index in [0.29, 0.717) is 44.6 Å². The van der Waals surface area contributed by atoms with Gasteiger partial charge < -0.3 is 9.47 Å². The van der Waals surface area contributed by atoms with Crippen LogP contribution in [0.3, 0.4) is 0 Å². The highest BCUT2D eigenvalue weighted by Gasteiger charge is 2.26. The molecule has 0 saturated carbocycles. The van der Waals surface area contributed by atoms with Crippen LogP contribution in [0.2, 0.25) is 25.2 Å². The summed E-state index contributed by atoms with van der Waals surface area (Å²) in [5.41, 5.74) is 1.65. The van der Waals surface area contributed by atoms with Crippen molar-refractivity contribution in [3.05, 3.63) is 42.0 Å². The molecule has 0 aliphatic carbocycles. The van der Waals surface area contributed by atoms with Gasteiger partial charge >= 0.3 is 0 Å². The number of allylic oxidation sites excluding steroid dienone is 1. The Hall–Kier alpha value is -1.92. The van der Waals surface area contributed by atoms with Crippen molar-refractivity contribution in [1.82, 2.24) is 4.90 Å². The van der Waals surface area contributed by atoms with Crippen LogP contribution in [0.1, 0.15) is 37.7 Å². The van der Waals surface area contributed by atoms with Crippen molar-refractivity contribution in [2.45, 2.75) is 63.9 Å². The van der Waals surface area contributed by atoms with Crippen LogP contribution in [-0.2, 0) is 20.9 Å². The number of benzene rings is 1. The van der Waals surface area contributed by atoms with E-state index in [-0.39, 0.29) is 11.8 Å². The second-order valence-electron chi connectivity index (χ2n) is 8.67. The van der Waals surface area contributed by atoms with Crippen LogP contribution in [0.25, 0.3) is 0 Å². The summed E-state index contributed by atoms with van der Waals surface area (Å²) >= 11 is 0.